The van der Waals surface area contributed by atoms with Crippen LogP contribution >= 0.6 is 0 Å². The summed E-state index contributed by atoms with van der Waals surface area (Å²) in [5.74, 6) is 0. The molecular weight excluding hydrogens is 254 g/mol. The van der Waals surface area contributed by atoms with Crippen LogP contribution in [0.3, 0.4) is 0 Å². The summed E-state index contributed by atoms with van der Waals surface area (Å²) in [5, 5.41) is 0. The van der Waals surface area contributed by atoms with Crippen LogP contribution in [0.2, 0.25) is 0 Å². The molecule has 0 aliphatic heterocycles. The van der Waals surface area contributed by atoms with E-state index in [0.29, 0.717) is 11.5 Å². The highest BCUT2D eigenvalue weighted by Crippen LogP contribution is 2.36. The molecule has 1 aliphatic carbocycles. The van der Waals surface area contributed by atoms with Crippen molar-refractivity contribution in [2.75, 3.05) is 0 Å². The van der Waals surface area contributed by atoms with Gasteiger partial charge in [0.25, 0.3) is 0 Å². The van der Waals surface area contributed by atoms with Crippen LogP contribution < -0.4 is 5.73 Å². The molecule has 0 aromatic heterocycles. The minimum Gasteiger partial charge on any atom is -0.324 e. The third-order valence-electron chi connectivity index (χ3n) is 4.80. The molecule has 0 saturated carbocycles. The fourth-order valence-electron chi connectivity index (χ4n) is 3.76. The molecule has 0 saturated heterocycles. The average molecular weight is 294 g/mol. The van der Waals surface area contributed by atoms with Gasteiger partial charge in [0.2, 0.25) is 0 Å². The molecule has 1 aliphatic rings. The van der Waals surface area contributed by atoms with Crippen LogP contribution in [0.25, 0.3) is 0 Å². The minimum atomic E-state index is 0.298. The molecule has 0 amide bonds. The summed E-state index contributed by atoms with van der Waals surface area (Å²) in [4.78, 5) is 0. The highest BCUT2D eigenvalue weighted by Gasteiger charge is 2.26. The molecule has 1 rings (SSSR count). The van der Waals surface area contributed by atoms with Crippen molar-refractivity contribution >= 4 is 0 Å². The maximum Gasteiger partial charge on any atom is 0.0231 e. The highest BCUT2D eigenvalue weighted by molar-refractivity contribution is 5.14. The quantitative estimate of drug-likeness (QED) is 0.347. The summed E-state index contributed by atoms with van der Waals surface area (Å²) < 4.78 is 0. The Morgan fingerprint density at radius 2 is 1.48 bits per heavy atom. The van der Waals surface area contributed by atoms with Crippen LogP contribution in [0.5, 0.6) is 0 Å². The molecule has 1 heteroatoms. The van der Waals surface area contributed by atoms with Crippen LogP contribution in [-0.2, 0) is 0 Å². The summed E-state index contributed by atoms with van der Waals surface area (Å²) in [5.41, 5.74) is 8.19. The second-order valence-corrected chi connectivity index (χ2v) is 7.97. The molecule has 0 bridgehead atoms. The normalized spacial score (nSPS) is 21.3. The van der Waals surface area contributed by atoms with Crippen molar-refractivity contribution in [3.05, 3.63) is 11.6 Å². The van der Waals surface area contributed by atoms with Gasteiger partial charge in [-0.2, -0.15) is 0 Å². The second kappa shape index (κ2) is 10.4. The Labute approximate surface area is 133 Å². The molecule has 1 unspecified atom stereocenters. The lowest BCUT2D eigenvalue weighted by Crippen LogP contribution is -2.30. The van der Waals surface area contributed by atoms with Crippen LogP contribution in [-0.4, -0.2) is 6.04 Å². The molecule has 0 aromatic rings. The van der Waals surface area contributed by atoms with E-state index in [0.717, 1.165) is 6.42 Å². The van der Waals surface area contributed by atoms with Crippen LogP contribution in [0.4, 0.5) is 0 Å². The predicted molar refractivity (Wildman–Crippen MR) is 95.5 cm³/mol. The SMILES string of the molecule is CCCCCCCCCCCCC1=CC(N)CC(C)(C)C1. The lowest BCUT2D eigenvalue weighted by molar-refractivity contribution is 0.297. The predicted octanol–water partition coefficient (Wildman–Crippen LogP) is 6.37. The van der Waals surface area contributed by atoms with E-state index in [-0.39, 0.29) is 0 Å². The summed E-state index contributed by atoms with van der Waals surface area (Å²) in [7, 11) is 0. The van der Waals surface area contributed by atoms with E-state index in [4.69, 9.17) is 5.73 Å². The Morgan fingerprint density at radius 3 is 2.00 bits per heavy atom. The first-order chi connectivity index (χ1) is 10.0. The van der Waals surface area contributed by atoms with Gasteiger partial charge in [-0.25, -0.2) is 0 Å². The molecule has 1 atom stereocenters. The van der Waals surface area contributed by atoms with Gasteiger partial charge < -0.3 is 5.73 Å². The fraction of sp³-hybridized carbons (Fsp3) is 0.900. The first-order valence-corrected chi connectivity index (χ1v) is 9.48. The molecule has 0 heterocycles. The minimum absolute atomic E-state index is 0.298. The Kier molecular flexibility index (Phi) is 9.31. The molecule has 124 valence electrons. The maximum absolute atomic E-state index is 6.14. The average Bonchev–Trinajstić information content (AvgIpc) is 2.38. The van der Waals surface area contributed by atoms with E-state index in [1.54, 1.807) is 5.57 Å². The summed E-state index contributed by atoms with van der Waals surface area (Å²) >= 11 is 0. The number of hydrogen-bond acceptors (Lipinski definition) is 1. The van der Waals surface area contributed by atoms with Crippen molar-refractivity contribution < 1.29 is 0 Å². The zero-order valence-corrected chi connectivity index (χ0v) is 14.9. The largest absolute Gasteiger partial charge is 0.324 e. The van der Waals surface area contributed by atoms with Crippen LogP contribution in [0.1, 0.15) is 104 Å². The molecule has 0 fully saturated rings. The van der Waals surface area contributed by atoms with E-state index < -0.39 is 0 Å². The van der Waals surface area contributed by atoms with Gasteiger partial charge in [-0.1, -0.05) is 90.2 Å². The molecule has 1 nitrogen and oxygen atoms in total. The summed E-state index contributed by atoms with van der Waals surface area (Å²) in [6.07, 6.45) is 20.3. The molecule has 21 heavy (non-hydrogen) atoms. The third-order valence-corrected chi connectivity index (χ3v) is 4.80. The smallest absolute Gasteiger partial charge is 0.0231 e. The van der Waals surface area contributed by atoms with Crippen molar-refractivity contribution in [3.8, 4) is 0 Å². The molecule has 0 radical (unpaired) electrons. The van der Waals surface area contributed by atoms with E-state index in [1.807, 2.05) is 0 Å². The Hall–Kier alpha value is -0.300. The Balaban J connectivity index is 1.97. The van der Waals surface area contributed by atoms with Gasteiger partial charge in [0, 0.05) is 6.04 Å². The van der Waals surface area contributed by atoms with Gasteiger partial charge in [0.1, 0.15) is 0 Å². The standard InChI is InChI=1S/C20H39N/c1-4-5-6-7-8-9-10-11-12-13-14-18-15-19(21)17-20(2,3)16-18/h15,19H,4-14,16-17,21H2,1-3H3. The highest BCUT2D eigenvalue weighted by atomic mass is 14.6. The zero-order chi connectivity index (χ0) is 15.6. The van der Waals surface area contributed by atoms with Crippen LogP contribution in [0, 0.1) is 5.41 Å². The first kappa shape index (κ1) is 18.7. The van der Waals surface area contributed by atoms with Gasteiger partial charge in [0.15, 0.2) is 0 Å². The summed E-state index contributed by atoms with van der Waals surface area (Å²) in [6, 6.07) is 0.298. The van der Waals surface area contributed by atoms with Crippen molar-refractivity contribution in [1.82, 2.24) is 0 Å². The lowest BCUT2D eigenvalue weighted by atomic mass is 9.74. The van der Waals surface area contributed by atoms with Crippen LogP contribution in [0.15, 0.2) is 11.6 Å². The number of hydrogen-bond donors (Lipinski definition) is 1. The van der Waals surface area contributed by atoms with Gasteiger partial charge in [-0.15, -0.1) is 0 Å². The Morgan fingerprint density at radius 1 is 0.952 bits per heavy atom. The fourth-order valence-corrected chi connectivity index (χ4v) is 3.76. The molecule has 0 spiro atoms. The van der Waals surface area contributed by atoms with Crippen molar-refractivity contribution in [3.63, 3.8) is 0 Å². The number of allylic oxidation sites excluding steroid dienone is 1. The molecule has 2 N–H and O–H groups in total. The maximum atomic E-state index is 6.14. The van der Waals surface area contributed by atoms with E-state index in [1.165, 1.54) is 77.0 Å². The van der Waals surface area contributed by atoms with Crippen molar-refractivity contribution in [2.24, 2.45) is 11.1 Å². The van der Waals surface area contributed by atoms with E-state index in [9.17, 15) is 0 Å². The van der Waals surface area contributed by atoms with Gasteiger partial charge >= 0.3 is 0 Å². The van der Waals surface area contributed by atoms with E-state index in [2.05, 4.69) is 26.8 Å². The van der Waals surface area contributed by atoms with E-state index >= 15 is 0 Å². The Bertz CT molecular complexity index is 290. The van der Waals surface area contributed by atoms with Gasteiger partial charge in [-0.3, -0.25) is 0 Å². The van der Waals surface area contributed by atoms with Gasteiger partial charge in [-0.05, 0) is 31.1 Å². The molecule has 0 aromatic carbocycles. The van der Waals surface area contributed by atoms with Gasteiger partial charge in [0.05, 0.1) is 0 Å². The van der Waals surface area contributed by atoms with Crippen molar-refractivity contribution in [2.45, 2.75) is 110 Å². The summed E-state index contributed by atoms with van der Waals surface area (Å²) in [6.45, 7) is 7.01. The van der Waals surface area contributed by atoms with Crippen molar-refractivity contribution in [1.29, 1.82) is 0 Å². The zero-order valence-electron chi connectivity index (χ0n) is 14.9. The topological polar surface area (TPSA) is 26.0 Å². The monoisotopic (exact) mass is 293 g/mol. The molecular formula is C20H39N. The lowest BCUT2D eigenvalue weighted by Gasteiger charge is -2.33. The number of nitrogens with two attached hydrogens (primary N) is 1. The third kappa shape index (κ3) is 9.34. The second-order valence-electron chi connectivity index (χ2n) is 7.97. The number of rotatable bonds is 11. The number of unbranched alkanes of at least 4 members (excludes halogenated alkanes) is 9. The first-order valence-electron chi connectivity index (χ1n) is 9.48.